The number of nitrogens with one attached hydrogen (secondary N) is 1. The third-order valence-electron chi connectivity index (χ3n) is 4.28. The van der Waals surface area contributed by atoms with E-state index in [2.05, 4.69) is 10.4 Å². The molecule has 124 valence electrons. The first kappa shape index (κ1) is 16.6. The Hall–Kier alpha value is -1.30. The lowest BCUT2D eigenvalue weighted by Crippen LogP contribution is -2.31. The molecule has 0 bridgehead atoms. The van der Waals surface area contributed by atoms with Gasteiger partial charge in [-0.25, -0.2) is 9.48 Å². The van der Waals surface area contributed by atoms with Crippen LogP contribution in [0.4, 0.5) is 0 Å². The molecule has 1 saturated heterocycles. The average molecular weight is 355 g/mol. The van der Waals surface area contributed by atoms with E-state index in [0.29, 0.717) is 23.1 Å². The molecule has 1 fully saturated rings. The van der Waals surface area contributed by atoms with Crippen molar-refractivity contribution < 1.29 is 0 Å². The normalized spacial score (nSPS) is 18.3. The fourth-order valence-electron chi connectivity index (χ4n) is 3.06. The van der Waals surface area contributed by atoms with Crippen LogP contribution in [-0.2, 0) is 13.1 Å². The summed E-state index contributed by atoms with van der Waals surface area (Å²) in [4.78, 5) is 12.6. The number of aromatic nitrogens is 3. The average Bonchev–Trinajstić information content (AvgIpc) is 2.88. The van der Waals surface area contributed by atoms with E-state index in [-0.39, 0.29) is 11.6 Å². The van der Waals surface area contributed by atoms with Crippen LogP contribution in [0.5, 0.6) is 0 Å². The molecule has 2 aromatic rings. The number of nitrogens with zero attached hydrogens (tertiary/aromatic N) is 3. The first-order valence-corrected chi connectivity index (χ1v) is 8.68. The molecule has 1 aliphatic rings. The van der Waals surface area contributed by atoms with Gasteiger partial charge in [-0.2, -0.15) is 5.10 Å². The van der Waals surface area contributed by atoms with Crippen molar-refractivity contribution in [3.63, 3.8) is 0 Å². The van der Waals surface area contributed by atoms with Crippen LogP contribution in [-0.4, -0.2) is 27.4 Å². The third kappa shape index (κ3) is 3.32. The molecule has 2 heterocycles. The molecule has 1 aromatic carbocycles. The molecule has 0 aliphatic carbocycles. The summed E-state index contributed by atoms with van der Waals surface area (Å²) in [6.45, 7) is 4.83. The van der Waals surface area contributed by atoms with E-state index in [0.717, 1.165) is 37.3 Å². The maximum atomic E-state index is 12.6. The summed E-state index contributed by atoms with van der Waals surface area (Å²) in [6, 6.07) is 5.44. The van der Waals surface area contributed by atoms with Crippen LogP contribution in [0.1, 0.15) is 37.1 Å². The van der Waals surface area contributed by atoms with Gasteiger partial charge in [0.1, 0.15) is 5.82 Å². The Morgan fingerprint density at radius 2 is 2.22 bits per heavy atom. The molecule has 7 heteroatoms. The van der Waals surface area contributed by atoms with E-state index in [4.69, 9.17) is 23.2 Å². The van der Waals surface area contributed by atoms with Crippen LogP contribution in [0.3, 0.4) is 0 Å². The fourth-order valence-corrected chi connectivity index (χ4v) is 3.44. The Morgan fingerprint density at radius 3 is 2.91 bits per heavy atom. The first-order valence-electron chi connectivity index (χ1n) is 7.93. The Labute approximate surface area is 145 Å². The summed E-state index contributed by atoms with van der Waals surface area (Å²) in [5, 5.41) is 8.94. The SMILES string of the molecule is CCn1c([C@@H]2CCCNC2)nn(Cc2cccc(Cl)c2Cl)c1=O. The molecule has 0 amide bonds. The Morgan fingerprint density at radius 1 is 1.39 bits per heavy atom. The van der Waals surface area contributed by atoms with E-state index < -0.39 is 0 Å². The highest BCUT2D eigenvalue weighted by Crippen LogP contribution is 2.26. The summed E-state index contributed by atoms with van der Waals surface area (Å²) in [5.74, 6) is 1.15. The molecule has 0 saturated carbocycles. The van der Waals surface area contributed by atoms with Crippen molar-refractivity contribution in [1.29, 1.82) is 0 Å². The highest BCUT2D eigenvalue weighted by molar-refractivity contribution is 6.42. The molecule has 3 rings (SSSR count). The zero-order valence-electron chi connectivity index (χ0n) is 13.1. The van der Waals surface area contributed by atoms with Crippen molar-refractivity contribution in [3.05, 3.63) is 50.1 Å². The maximum Gasteiger partial charge on any atom is 0.346 e. The summed E-state index contributed by atoms with van der Waals surface area (Å²) < 4.78 is 3.25. The lowest BCUT2D eigenvalue weighted by atomic mass is 9.99. The minimum atomic E-state index is -0.0934. The van der Waals surface area contributed by atoms with Gasteiger partial charge >= 0.3 is 5.69 Å². The van der Waals surface area contributed by atoms with Crippen LogP contribution >= 0.6 is 23.2 Å². The van der Waals surface area contributed by atoms with Crippen molar-refractivity contribution >= 4 is 23.2 Å². The number of rotatable bonds is 4. The van der Waals surface area contributed by atoms with Crippen molar-refractivity contribution in [2.24, 2.45) is 0 Å². The van der Waals surface area contributed by atoms with E-state index in [1.807, 2.05) is 19.1 Å². The number of benzene rings is 1. The van der Waals surface area contributed by atoms with Gasteiger partial charge in [0.2, 0.25) is 0 Å². The summed E-state index contributed by atoms with van der Waals surface area (Å²) in [7, 11) is 0. The highest BCUT2D eigenvalue weighted by atomic mass is 35.5. The number of halogens is 2. The van der Waals surface area contributed by atoms with E-state index in [1.165, 1.54) is 4.68 Å². The lowest BCUT2D eigenvalue weighted by molar-refractivity contribution is 0.431. The number of hydrogen-bond acceptors (Lipinski definition) is 3. The molecule has 0 unspecified atom stereocenters. The number of hydrogen-bond donors (Lipinski definition) is 1. The molecule has 1 aliphatic heterocycles. The lowest BCUT2D eigenvalue weighted by Gasteiger charge is -2.21. The quantitative estimate of drug-likeness (QED) is 0.918. The van der Waals surface area contributed by atoms with Gasteiger partial charge in [-0.1, -0.05) is 35.3 Å². The predicted octanol–water partition coefficient (Wildman–Crippen LogP) is 2.89. The number of piperidine rings is 1. The molecule has 23 heavy (non-hydrogen) atoms. The maximum absolute atomic E-state index is 12.6. The van der Waals surface area contributed by atoms with Crippen LogP contribution in [0.15, 0.2) is 23.0 Å². The molecule has 0 radical (unpaired) electrons. The zero-order chi connectivity index (χ0) is 16.4. The van der Waals surface area contributed by atoms with Gasteiger partial charge in [0.15, 0.2) is 0 Å². The Kier molecular flexibility index (Phi) is 5.09. The Bertz CT molecular complexity index is 747. The van der Waals surface area contributed by atoms with Crippen LogP contribution in [0.2, 0.25) is 10.0 Å². The highest BCUT2D eigenvalue weighted by Gasteiger charge is 2.23. The van der Waals surface area contributed by atoms with Crippen molar-refractivity contribution in [2.75, 3.05) is 13.1 Å². The van der Waals surface area contributed by atoms with Crippen molar-refractivity contribution in [1.82, 2.24) is 19.7 Å². The molecule has 1 N–H and O–H groups in total. The predicted molar refractivity (Wildman–Crippen MR) is 92.6 cm³/mol. The van der Waals surface area contributed by atoms with Gasteiger partial charge in [-0.05, 0) is 37.9 Å². The van der Waals surface area contributed by atoms with Gasteiger partial charge in [0.25, 0.3) is 0 Å². The second-order valence-corrected chi connectivity index (χ2v) is 6.58. The molecular weight excluding hydrogens is 335 g/mol. The van der Waals surface area contributed by atoms with Crippen molar-refractivity contribution in [3.8, 4) is 0 Å². The summed E-state index contributed by atoms with van der Waals surface area (Å²) in [5.41, 5.74) is 0.708. The van der Waals surface area contributed by atoms with E-state index in [9.17, 15) is 4.79 Å². The molecule has 5 nitrogen and oxygen atoms in total. The topological polar surface area (TPSA) is 51.9 Å². The fraction of sp³-hybridized carbons (Fsp3) is 0.500. The zero-order valence-corrected chi connectivity index (χ0v) is 14.6. The van der Waals surface area contributed by atoms with E-state index >= 15 is 0 Å². The first-order chi connectivity index (χ1) is 11.1. The smallest absolute Gasteiger partial charge is 0.316 e. The van der Waals surface area contributed by atoms with Gasteiger partial charge in [0, 0.05) is 19.0 Å². The van der Waals surface area contributed by atoms with Gasteiger partial charge in [-0.3, -0.25) is 4.57 Å². The minimum absolute atomic E-state index is 0.0934. The van der Waals surface area contributed by atoms with Gasteiger partial charge in [0.05, 0.1) is 16.6 Å². The monoisotopic (exact) mass is 354 g/mol. The third-order valence-corrected chi connectivity index (χ3v) is 5.14. The van der Waals surface area contributed by atoms with Crippen molar-refractivity contribution in [2.45, 2.75) is 38.8 Å². The largest absolute Gasteiger partial charge is 0.346 e. The summed E-state index contributed by atoms with van der Waals surface area (Å²) in [6.07, 6.45) is 2.16. The minimum Gasteiger partial charge on any atom is -0.316 e. The van der Waals surface area contributed by atoms with E-state index in [1.54, 1.807) is 10.6 Å². The second kappa shape index (κ2) is 7.07. The molecule has 0 spiro atoms. The summed E-state index contributed by atoms with van der Waals surface area (Å²) >= 11 is 12.3. The Balaban J connectivity index is 1.95. The molecule has 1 atom stereocenters. The van der Waals surface area contributed by atoms with Gasteiger partial charge < -0.3 is 5.32 Å². The molecular formula is C16H20Cl2N4O. The molecule has 1 aromatic heterocycles. The van der Waals surface area contributed by atoms with Crippen LogP contribution in [0, 0.1) is 0 Å². The van der Waals surface area contributed by atoms with Crippen LogP contribution in [0.25, 0.3) is 0 Å². The van der Waals surface area contributed by atoms with Crippen LogP contribution < -0.4 is 11.0 Å². The second-order valence-electron chi connectivity index (χ2n) is 5.80. The standard InChI is InChI=1S/C16H20Cl2N4O/c1-2-21-15(11-6-4-8-19-9-11)20-22(16(21)23)10-12-5-3-7-13(17)14(12)18/h3,5,7,11,19H,2,4,6,8-10H2,1H3/t11-/m1/s1. The van der Waals surface area contributed by atoms with Gasteiger partial charge in [-0.15, -0.1) is 0 Å².